The number of rotatable bonds is 9. The molecule has 3 aromatic rings. The number of carbonyl (C=O) groups is 2. The van der Waals surface area contributed by atoms with Crippen LogP contribution in [0, 0.1) is 5.82 Å². The molecule has 1 amide bonds. The molecule has 1 N–H and O–H groups in total. The number of hydrogen-bond acceptors (Lipinski definition) is 5. The van der Waals surface area contributed by atoms with Gasteiger partial charge in [0.1, 0.15) is 11.6 Å². The topological polar surface area (TPSA) is 92.8 Å². The van der Waals surface area contributed by atoms with Crippen molar-refractivity contribution in [2.24, 2.45) is 0 Å². The van der Waals surface area contributed by atoms with Gasteiger partial charge in [-0.2, -0.15) is 0 Å². The van der Waals surface area contributed by atoms with Crippen LogP contribution in [-0.4, -0.2) is 33.0 Å². The van der Waals surface area contributed by atoms with E-state index in [0.717, 1.165) is 10.6 Å². The van der Waals surface area contributed by atoms with Crippen LogP contribution in [0.15, 0.2) is 72.8 Å². The molecule has 0 aromatic heterocycles. The molecule has 7 nitrogen and oxygen atoms in total. The summed E-state index contributed by atoms with van der Waals surface area (Å²) in [5, 5.41) is 2.65. The van der Waals surface area contributed by atoms with Crippen molar-refractivity contribution in [3.63, 3.8) is 0 Å². The lowest BCUT2D eigenvalue weighted by Gasteiger charge is -2.23. The number of ketones is 1. The number of carbonyl (C=O) groups excluding carboxylic acids is 2. The second-order valence-electron chi connectivity index (χ2n) is 7.33. The van der Waals surface area contributed by atoms with Crippen LogP contribution in [0.2, 0.25) is 0 Å². The van der Waals surface area contributed by atoms with Crippen molar-refractivity contribution in [2.75, 3.05) is 22.5 Å². The number of amides is 1. The maximum atomic E-state index is 14.0. The van der Waals surface area contributed by atoms with Crippen LogP contribution in [0.3, 0.4) is 0 Å². The second-order valence-corrected chi connectivity index (χ2v) is 9.24. The van der Waals surface area contributed by atoms with Crippen LogP contribution in [-0.2, 0) is 21.4 Å². The number of Topliss-reactive ketones (excluding diaryl/α,β-unsaturated/α-hetero) is 1. The van der Waals surface area contributed by atoms with Crippen molar-refractivity contribution in [3.8, 4) is 5.75 Å². The van der Waals surface area contributed by atoms with E-state index >= 15 is 0 Å². The third kappa shape index (κ3) is 6.63. The summed E-state index contributed by atoms with van der Waals surface area (Å²) >= 11 is 0. The fraction of sp³-hybridized carbons (Fsp3) is 0.167. The van der Waals surface area contributed by atoms with Crippen LogP contribution in [0.5, 0.6) is 5.75 Å². The van der Waals surface area contributed by atoms with E-state index in [1.54, 1.807) is 30.3 Å². The van der Waals surface area contributed by atoms with Gasteiger partial charge in [-0.1, -0.05) is 30.3 Å². The second kappa shape index (κ2) is 10.3. The summed E-state index contributed by atoms with van der Waals surface area (Å²) in [7, 11) is -3.68. The molecule has 9 heteroatoms. The van der Waals surface area contributed by atoms with Crippen molar-refractivity contribution in [1.82, 2.24) is 0 Å². The molecule has 3 aromatic carbocycles. The molecule has 0 atom stereocenters. The van der Waals surface area contributed by atoms with E-state index in [1.807, 2.05) is 0 Å². The van der Waals surface area contributed by atoms with Gasteiger partial charge in [0.25, 0.3) is 5.91 Å². The number of anilines is 2. The van der Waals surface area contributed by atoms with Gasteiger partial charge in [0.15, 0.2) is 12.4 Å². The van der Waals surface area contributed by atoms with E-state index in [2.05, 4.69) is 5.32 Å². The minimum absolute atomic E-state index is 0.111. The molecule has 0 bridgehead atoms. The van der Waals surface area contributed by atoms with Crippen molar-refractivity contribution in [1.29, 1.82) is 0 Å². The first-order chi connectivity index (χ1) is 15.6. The molecule has 0 heterocycles. The van der Waals surface area contributed by atoms with E-state index in [4.69, 9.17) is 4.74 Å². The summed E-state index contributed by atoms with van der Waals surface area (Å²) in [6, 6.07) is 18.6. The Bertz CT molecular complexity index is 1260. The fourth-order valence-electron chi connectivity index (χ4n) is 3.05. The van der Waals surface area contributed by atoms with Gasteiger partial charge in [0.05, 0.1) is 18.5 Å². The first-order valence-corrected chi connectivity index (χ1v) is 11.8. The van der Waals surface area contributed by atoms with Gasteiger partial charge in [-0.3, -0.25) is 13.9 Å². The van der Waals surface area contributed by atoms with Gasteiger partial charge >= 0.3 is 0 Å². The van der Waals surface area contributed by atoms with Crippen LogP contribution in [0.25, 0.3) is 0 Å². The summed E-state index contributed by atoms with van der Waals surface area (Å²) < 4.78 is 45.1. The van der Waals surface area contributed by atoms with Crippen LogP contribution >= 0.6 is 0 Å². The summed E-state index contributed by atoms with van der Waals surface area (Å²) in [5.41, 5.74) is 1.53. The van der Waals surface area contributed by atoms with Gasteiger partial charge in [-0.25, -0.2) is 12.8 Å². The van der Waals surface area contributed by atoms with Gasteiger partial charge < -0.3 is 10.1 Å². The number of hydrogen-bond donors (Lipinski definition) is 1. The molecule has 0 aliphatic heterocycles. The summed E-state index contributed by atoms with van der Waals surface area (Å²) in [6.45, 7) is 0.997. The molecule has 3 rings (SSSR count). The Kier molecular flexibility index (Phi) is 7.44. The maximum absolute atomic E-state index is 14.0. The predicted octanol–water partition coefficient (Wildman–Crippen LogP) is 4.01. The van der Waals surface area contributed by atoms with E-state index < -0.39 is 21.7 Å². The molecule has 0 spiro atoms. The number of ether oxygens (including phenoxy) is 1. The van der Waals surface area contributed by atoms with Crippen LogP contribution in [0.1, 0.15) is 22.8 Å². The van der Waals surface area contributed by atoms with Gasteiger partial charge in [-0.15, -0.1) is 0 Å². The minimum atomic E-state index is -3.68. The van der Waals surface area contributed by atoms with Crippen molar-refractivity contribution < 1.29 is 27.1 Å². The Labute approximate surface area is 191 Å². The van der Waals surface area contributed by atoms with Gasteiger partial charge in [0.2, 0.25) is 10.0 Å². The fourth-order valence-corrected chi connectivity index (χ4v) is 3.93. The number of sulfonamides is 1. The van der Waals surface area contributed by atoms with E-state index in [0.29, 0.717) is 22.7 Å². The largest absolute Gasteiger partial charge is 0.484 e. The van der Waals surface area contributed by atoms with Crippen LogP contribution < -0.4 is 14.4 Å². The van der Waals surface area contributed by atoms with Crippen LogP contribution in [0.4, 0.5) is 15.8 Å². The normalized spacial score (nSPS) is 11.0. The zero-order valence-corrected chi connectivity index (χ0v) is 18.9. The number of benzene rings is 3. The highest BCUT2D eigenvalue weighted by molar-refractivity contribution is 7.92. The third-order valence-electron chi connectivity index (χ3n) is 4.72. The van der Waals surface area contributed by atoms with Gasteiger partial charge in [0, 0.05) is 16.8 Å². The Morgan fingerprint density at radius 2 is 1.70 bits per heavy atom. The molecule has 0 fully saturated rings. The molecular formula is C24H23FN2O5S. The van der Waals surface area contributed by atoms with Crippen molar-refractivity contribution in [2.45, 2.75) is 13.5 Å². The standard InChI is InChI=1S/C24H23FN2O5S/c1-17(28)18-7-5-8-20(14-18)26-24(29)16-32-22-12-10-21(11-13-22)27(33(2,30)31)15-19-6-3-4-9-23(19)25/h3-14H,15-16H2,1-2H3,(H,26,29). The lowest BCUT2D eigenvalue weighted by molar-refractivity contribution is -0.118. The maximum Gasteiger partial charge on any atom is 0.262 e. The predicted molar refractivity (Wildman–Crippen MR) is 124 cm³/mol. The highest BCUT2D eigenvalue weighted by atomic mass is 32.2. The molecule has 0 saturated carbocycles. The summed E-state index contributed by atoms with van der Waals surface area (Å²) in [6.07, 6.45) is 1.05. The lowest BCUT2D eigenvalue weighted by atomic mass is 10.1. The average molecular weight is 471 g/mol. The number of nitrogens with one attached hydrogen (secondary N) is 1. The minimum Gasteiger partial charge on any atom is -0.484 e. The van der Waals surface area contributed by atoms with Gasteiger partial charge in [-0.05, 0) is 49.4 Å². The number of halogens is 1. The smallest absolute Gasteiger partial charge is 0.262 e. The van der Waals surface area contributed by atoms with E-state index in [1.165, 1.54) is 49.4 Å². The Balaban J connectivity index is 1.65. The average Bonchev–Trinajstić information content (AvgIpc) is 2.77. The summed E-state index contributed by atoms with van der Waals surface area (Å²) in [5.74, 6) is -0.672. The highest BCUT2D eigenvalue weighted by Gasteiger charge is 2.19. The molecule has 0 saturated heterocycles. The van der Waals surface area contributed by atoms with Crippen molar-refractivity contribution >= 4 is 33.1 Å². The van der Waals surface area contributed by atoms with E-state index in [9.17, 15) is 22.4 Å². The Morgan fingerprint density at radius 3 is 2.33 bits per heavy atom. The monoisotopic (exact) mass is 470 g/mol. The molecular weight excluding hydrogens is 447 g/mol. The quantitative estimate of drug-likeness (QED) is 0.477. The van der Waals surface area contributed by atoms with E-state index in [-0.39, 0.29) is 24.5 Å². The lowest BCUT2D eigenvalue weighted by Crippen LogP contribution is -2.29. The summed E-state index contributed by atoms with van der Waals surface area (Å²) in [4.78, 5) is 23.6. The SMILES string of the molecule is CC(=O)c1cccc(NC(=O)COc2ccc(N(Cc3ccccc3F)S(C)(=O)=O)cc2)c1. The molecule has 0 aliphatic carbocycles. The first kappa shape index (κ1) is 23.9. The third-order valence-corrected chi connectivity index (χ3v) is 5.86. The molecule has 33 heavy (non-hydrogen) atoms. The number of nitrogens with zero attached hydrogens (tertiary/aromatic N) is 1. The zero-order chi connectivity index (χ0) is 24.0. The van der Waals surface area contributed by atoms with Crippen molar-refractivity contribution in [3.05, 3.63) is 89.7 Å². The molecule has 0 aliphatic rings. The molecule has 0 radical (unpaired) electrons. The Hall–Kier alpha value is -3.72. The Morgan fingerprint density at radius 1 is 1.00 bits per heavy atom. The molecule has 0 unspecified atom stereocenters. The first-order valence-electron chi connectivity index (χ1n) is 9.98. The zero-order valence-electron chi connectivity index (χ0n) is 18.1. The highest BCUT2D eigenvalue weighted by Crippen LogP contribution is 2.24. The molecule has 172 valence electrons.